The molecule has 15 heavy (non-hydrogen) atoms. The Hall–Kier alpha value is -0.600. The smallest absolute Gasteiger partial charge is 0.0866 e. The maximum atomic E-state index is 10.3. The number of allylic oxidation sites excluding steroid dienone is 4. The minimum atomic E-state index is -0.535. The highest BCUT2D eigenvalue weighted by Crippen LogP contribution is 2.64. The molecule has 2 nitrogen and oxygen atoms in total. The molecule has 3 aliphatic rings. The third-order valence-corrected chi connectivity index (χ3v) is 4.90. The van der Waals surface area contributed by atoms with E-state index in [1.165, 1.54) is 0 Å². The molecule has 0 radical (unpaired) electrons. The molecule has 0 bridgehead atoms. The van der Waals surface area contributed by atoms with Crippen molar-refractivity contribution in [1.82, 2.24) is 0 Å². The van der Waals surface area contributed by atoms with Gasteiger partial charge >= 0.3 is 0 Å². The molecular weight excluding hydrogens is 188 g/mol. The Labute approximate surface area is 90.3 Å². The van der Waals surface area contributed by atoms with Gasteiger partial charge in [0.1, 0.15) is 0 Å². The van der Waals surface area contributed by atoms with E-state index in [0.29, 0.717) is 0 Å². The number of hydrogen-bond donors (Lipinski definition) is 2. The van der Waals surface area contributed by atoms with E-state index < -0.39 is 12.2 Å². The van der Waals surface area contributed by atoms with Crippen LogP contribution in [0, 0.1) is 10.8 Å². The van der Waals surface area contributed by atoms with E-state index in [1.54, 1.807) is 0 Å². The second kappa shape index (κ2) is 2.96. The molecule has 3 aliphatic carbocycles. The average molecular weight is 206 g/mol. The van der Waals surface area contributed by atoms with Crippen LogP contribution in [0.4, 0.5) is 0 Å². The van der Waals surface area contributed by atoms with Crippen molar-refractivity contribution in [2.24, 2.45) is 10.8 Å². The van der Waals surface area contributed by atoms with E-state index in [9.17, 15) is 10.2 Å². The van der Waals surface area contributed by atoms with Crippen molar-refractivity contribution in [3.8, 4) is 0 Å². The van der Waals surface area contributed by atoms with Crippen LogP contribution in [0.25, 0.3) is 0 Å². The second-order valence-electron chi connectivity index (χ2n) is 5.41. The first kappa shape index (κ1) is 9.61. The molecule has 0 aromatic rings. The molecule has 0 aromatic heterocycles. The fourth-order valence-corrected chi connectivity index (χ4v) is 4.02. The van der Waals surface area contributed by atoms with Gasteiger partial charge in [0.25, 0.3) is 0 Å². The van der Waals surface area contributed by atoms with Crippen LogP contribution >= 0.6 is 0 Å². The van der Waals surface area contributed by atoms with Crippen LogP contribution in [0.2, 0.25) is 0 Å². The lowest BCUT2D eigenvalue weighted by Gasteiger charge is -2.50. The Morgan fingerprint density at radius 3 is 1.93 bits per heavy atom. The maximum Gasteiger partial charge on any atom is 0.0866 e. The standard InChI is InChI=1S/C13H18O2/c14-10-9-12-5-1-3-7-13(12,11(10)15)8-4-2-6-12/h1-4,10-11,14-15H,5-9H2/t10-,11-,12?,13?/m0/s1. The minimum Gasteiger partial charge on any atom is -0.390 e. The molecule has 1 saturated carbocycles. The summed E-state index contributed by atoms with van der Waals surface area (Å²) >= 11 is 0. The fraction of sp³-hybridized carbons (Fsp3) is 0.692. The lowest BCUT2D eigenvalue weighted by Crippen LogP contribution is -2.46. The van der Waals surface area contributed by atoms with Gasteiger partial charge in [0.2, 0.25) is 0 Å². The van der Waals surface area contributed by atoms with Crippen LogP contribution in [0.1, 0.15) is 32.1 Å². The molecule has 1 fully saturated rings. The topological polar surface area (TPSA) is 40.5 Å². The SMILES string of the molecule is O[C@H]1CC23CC=CCC2(CC=CC3)[C@H]1O. The van der Waals surface area contributed by atoms with E-state index in [-0.39, 0.29) is 10.8 Å². The van der Waals surface area contributed by atoms with E-state index in [4.69, 9.17) is 0 Å². The van der Waals surface area contributed by atoms with E-state index in [0.717, 1.165) is 32.1 Å². The summed E-state index contributed by atoms with van der Waals surface area (Å²) in [7, 11) is 0. The van der Waals surface area contributed by atoms with Crippen LogP contribution in [0.3, 0.4) is 0 Å². The highest BCUT2D eigenvalue weighted by molar-refractivity contribution is 5.23. The summed E-state index contributed by atoms with van der Waals surface area (Å²) in [5.41, 5.74) is 0.0608. The Morgan fingerprint density at radius 1 is 0.867 bits per heavy atom. The highest BCUT2D eigenvalue weighted by Gasteiger charge is 2.62. The first-order valence-electron chi connectivity index (χ1n) is 5.86. The summed E-state index contributed by atoms with van der Waals surface area (Å²) in [6.45, 7) is 0. The molecule has 0 aromatic carbocycles. The molecule has 0 heterocycles. The molecule has 0 unspecified atom stereocenters. The van der Waals surface area contributed by atoms with Gasteiger partial charge in [-0.05, 0) is 37.5 Å². The molecule has 82 valence electrons. The van der Waals surface area contributed by atoms with Gasteiger partial charge in [-0.2, -0.15) is 0 Å². The van der Waals surface area contributed by atoms with Crippen molar-refractivity contribution in [3.63, 3.8) is 0 Å². The van der Waals surface area contributed by atoms with E-state index >= 15 is 0 Å². The zero-order valence-corrected chi connectivity index (χ0v) is 8.89. The van der Waals surface area contributed by atoms with Crippen LogP contribution in [-0.2, 0) is 0 Å². The summed E-state index contributed by atoms with van der Waals surface area (Å²) in [6, 6.07) is 0. The van der Waals surface area contributed by atoms with Crippen LogP contribution in [0.5, 0.6) is 0 Å². The summed E-state index contributed by atoms with van der Waals surface area (Å²) in [6.07, 6.45) is 12.4. The predicted octanol–water partition coefficient (Wildman–Crippen LogP) is 1.78. The summed E-state index contributed by atoms with van der Waals surface area (Å²) in [5, 5.41) is 20.2. The lowest BCUT2D eigenvalue weighted by atomic mass is 9.54. The van der Waals surface area contributed by atoms with Crippen molar-refractivity contribution in [2.75, 3.05) is 0 Å². The third-order valence-electron chi connectivity index (χ3n) is 4.90. The number of aliphatic hydroxyl groups is 2. The van der Waals surface area contributed by atoms with Gasteiger partial charge in [-0.25, -0.2) is 0 Å². The van der Waals surface area contributed by atoms with E-state index in [1.807, 2.05) is 0 Å². The normalized spacial score (nSPS) is 52.7. The quantitative estimate of drug-likeness (QED) is 0.593. The van der Waals surface area contributed by atoms with Crippen LogP contribution < -0.4 is 0 Å². The zero-order valence-electron chi connectivity index (χ0n) is 8.89. The van der Waals surface area contributed by atoms with Gasteiger partial charge in [0.15, 0.2) is 0 Å². The lowest BCUT2D eigenvalue weighted by molar-refractivity contribution is -0.0560. The molecule has 2 heteroatoms. The highest BCUT2D eigenvalue weighted by atomic mass is 16.3. The fourth-order valence-electron chi connectivity index (χ4n) is 4.02. The molecule has 0 aliphatic heterocycles. The van der Waals surface area contributed by atoms with E-state index in [2.05, 4.69) is 24.3 Å². The predicted molar refractivity (Wildman–Crippen MR) is 58.2 cm³/mol. The maximum absolute atomic E-state index is 10.3. The van der Waals surface area contributed by atoms with Crippen molar-refractivity contribution in [2.45, 2.75) is 44.3 Å². The van der Waals surface area contributed by atoms with Gasteiger partial charge in [-0.1, -0.05) is 24.3 Å². The van der Waals surface area contributed by atoms with Crippen molar-refractivity contribution < 1.29 is 10.2 Å². The molecule has 3 rings (SSSR count). The molecular formula is C13H18O2. The minimum absolute atomic E-state index is 0.0735. The van der Waals surface area contributed by atoms with Crippen LogP contribution in [0.15, 0.2) is 24.3 Å². The van der Waals surface area contributed by atoms with Gasteiger partial charge in [0, 0.05) is 5.41 Å². The van der Waals surface area contributed by atoms with Gasteiger partial charge in [0.05, 0.1) is 12.2 Å². The first-order chi connectivity index (χ1) is 7.20. The second-order valence-corrected chi connectivity index (χ2v) is 5.41. The van der Waals surface area contributed by atoms with Crippen molar-refractivity contribution in [1.29, 1.82) is 0 Å². The number of hydrogen-bond acceptors (Lipinski definition) is 2. The first-order valence-corrected chi connectivity index (χ1v) is 5.86. The third kappa shape index (κ3) is 1.02. The Morgan fingerprint density at radius 2 is 1.40 bits per heavy atom. The van der Waals surface area contributed by atoms with Gasteiger partial charge < -0.3 is 10.2 Å². The monoisotopic (exact) mass is 206 g/mol. The van der Waals surface area contributed by atoms with Gasteiger partial charge in [-0.15, -0.1) is 0 Å². The Balaban J connectivity index is 2.10. The molecule has 2 atom stereocenters. The average Bonchev–Trinajstić information content (AvgIpc) is 2.49. The summed E-state index contributed by atoms with van der Waals surface area (Å²) < 4.78 is 0. The molecule has 0 saturated heterocycles. The molecule has 0 amide bonds. The largest absolute Gasteiger partial charge is 0.390 e. The van der Waals surface area contributed by atoms with Crippen LogP contribution in [-0.4, -0.2) is 22.4 Å². The molecule has 0 spiro atoms. The number of rotatable bonds is 0. The van der Waals surface area contributed by atoms with Crippen molar-refractivity contribution in [3.05, 3.63) is 24.3 Å². The van der Waals surface area contributed by atoms with Gasteiger partial charge in [-0.3, -0.25) is 0 Å². The van der Waals surface area contributed by atoms with Crippen molar-refractivity contribution >= 4 is 0 Å². The zero-order chi connectivity index (χ0) is 10.5. The molecule has 2 N–H and O–H groups in total. The Kier molecular flexibility index (Phi) is 1.89. The summed E-state index contributed by atoms with van der Waals surface area (Å²) in [5.74, 6) is 0. The Bertz CT molecular complexity index is 311. The number of aliphatic hydroxyl groups excluding tert-OH is 2. The summed E-state index contributed by atoms with van der Waals surface area (Å²) in [4.78, 5) is 0.